The Morgan fingerprint density at radius 1 is 1.21 bits per heavy atom. The zero-order valence-electron chi connectivity index (χ0n) is 10.7. The summed E-state index contributed by atoms with van der Waals surface area (Å²) in [6.45, 7) is 0. The van der Waals surface area contributed by atoms with Crippen LogP contribution in [0.2, 0.25) is 0 Å². The van der Waals surface area contributed by atoms with Gasteiger partial charge in [0.1, 0.15) is 6.10 Å². The third-order valence-corrected chi connectivity index (χ3v) is 3.84. The van der Waals surface area contributed by atoms with Crippen LogP contribution >= 0.6 is 11.6 Å². The number of fused-ring (bicyclic) bond motifs is 1. The summed E-state index contributed by atoms with van der Waals surface area (Å²) in [5.74, 6) is 1.16. The molecule has 0 N–H and O–H groups in total. The standard InChI is InChI=1S/C16H16ClNO/c17-10-12-8-9-16(18-11-12)19-15-7-3-5-13-4-1-2-6-14(13)15/h1-2,4,6,8-9,11,15H,3,5,7,10H2. The average molecular weight is 274 g/mol. The Kier molecular flexibility index (Phi) is 3.69. The monoisotopic (exact) mass is 273 g/mol. The van der Waals surface area contributed by atoms with Gasteiger partial charge in [0.05, 0.1) is 0 Å². The second kappa shape index (κ2) is 5.62. The van der Waals surface area contributed by atoms with Crippen LogP contribution in [0.15, 0.2) is 42.6 Å². The largest absolute Gasteiger partial charge is 0.469 e. The number of benzene rings is 1. The van der Waals surface area contributed by atoms with Gasteiger partial charge in [0.15, 0.2) is 0 Å². The quantitative estimate of drug-likeness (QED) is 0.779. The fourth-order valence-electron chi connectivity index (χ4n) is 2.54. The van der Waals surface area contributed by atoms with Gasteiger partial charge in [0.25, 0.3) is 0 Å². The van der Waals surface area contributed by atoms with E-state index in [1.807, 2.05) is 12.1 Å². The lowest BCUT2D eigenvalue weighted by Gasteiger charge is -2.25. The highest BCUT2D eigenvalue weighted by atomic mass is 35.5. The Hall–Kier alpha value is -1.54. The molecule has 1 atom stereocenters. The molecule has 1 aromatic carbocycles. The summed E-state index contributed by atoms with van der Waals surface area (Å²) in [7, 11) is 0. The Labute approximate surface area is 118 Å². The van der Waals surface area contributed by atoms with Crippen molar-refractivity contribution in [2.24, 2.45) is 0 Å². The topological polar surface area (TPSA) is 22.1 Å². The Bertz CT molecular complexity index is 553. The van der Waals surface area contributed by atoms with Gasteiger partial charge in [-0.1, -0.05) is 30.3 Å². The molecule has 0 spiro atoms. The van der Waals surface area contributed by atoms with Crippen molar-refractivity contribution in [3.8, 4) is 5.88 Å². The molecule has 0 aliphatic heterocycles. The second-order valence-electron chi connectivity index (χ2n) is 4.84. The first-order chi connectivity index (χ1) is 9.36. The summed E-state index contributed by atoms with van der Waals surface area (Å²) >= 11 is 5.76. The van der Waals surface area contributed by atoms with E-state index in [9.17, 15) is 0 Å². The van der Waals surface area contributed by atoms with E-state index in [0.29, 0.717) is 11.8 Å². The molecule has 1 aliphatic rings. The van der Waals surface area contributed by atoms with Crippen LogP contribution in [0.3, 0.4) is 0 Å². The molecule has 2 aromatic rings. The molecule has 0 fully saturated rings. The molecule has 0 saturated heterocycles. The van der Waals surface area contributed by atoms with Gasteiger partial charge in [0, 0.05) is 18.1 Å². The molecule has 1 aromatic heterocycles. The highest BCUT2D eigenvalue weighted by Crippen LogP contribution is 2.32. The molecule has 98 valence electrons. The highest BCUT2D eigenvalue weighted by molar-refractivity contribution is 6.17. The first-order valence-electron chi connectivity index (χ1n) is 6.62. The van der Waals surface area contributed by atoms with Crippen LogP contribution in [0, 0.1) is 0 Å². The molecule has 1 heterocycles. The summed E-state index contributed by atoms with van der Waals surface area (Å²) in [6.07, 6.45) is 5.27. The molecule has 2 nitrogen and oxygen atoms in total. The van der Waals surface area contributed by atoms with Crippen molar-refractivity contribution in [2.75, 3.05) is 0 Å². The van der Waals surface area contributed by atoms with E-state index in [-0.39, 0.29) is 6.10 Å². The molecule has 0 amide bonds. The third kappa shape index (κ3) is 2.74. The van der Waals surface area contributed by atoms with Crippen LogP contribution in [0.1, 0.15) is 35.6 Å². The zero-order valence-corrected chi connectivity index (χ0v) is 11.4. The van der Waals surface area contributed by atoms with Crippen LogP contribution < -0.4 is 4.74 Å². The summed E-state index contributed by atoms with van der Waals surface area (Å²) in [5, 5.41) is 0. The first-order valence-corrected chi connectivity index (χ1v) is 7.15. The van der Waals surface area contributed by atoms with Crippen molar-refractivity contribution in [2.45, 2.75) is 31.2 Å². The van der Waals surface area contributed by atoms with Gasteiger partial charge in [-0.25, -0.2) is 4.98 Å². The average Bonchev–Trinajstić information content (AvgIpc) is 2.48. The molecule has 19 heavy (non-hydrogen) atoms. The number of rotatable bonds is 3. The Morgan fingerprint density at radius 2 is 2.11 bits per heavy atom. The Morgan fingerprint density at radius 3 is 2.89 bits per heavy atom. The van der Waals surface area contributed by atoms with Gasteiger partial charge in [-0.2, -0.15) is 0 Å². The molecule has 0 saturated carbocycles. The van der Waals surface area contributed by atoms with Crippen molar-refractivity contribution in [1.29, 1.82) is 0 Å². The minimum absolute atomic E-state index is 0.124. The SMILES string of the molecule is ClCc1ccc(OC2CCCc3ccccc32)nc1. The summed E-state index contributed by atoms with van der Waals surface area (Å²) < 4.78 is 6.03. The van der Waals surface area contributed by atoms with E-state index in [1.165, 1.54) is 17.5 Å². The third-order valence-electron chi connectivity index (χ3n) is 3.53. The lowest BCUT2D eigenvalue weighted by atomic mass is 9.89. The zero-order chi connectivity index (χ0) is 13.1. The predicted molar refractivity (Wildman–Crippen MR) is 76.5 cm³/mol. The number of aromatic nitrogens is 1. The minimum Gasteiger partial charge on any atom is -0.469 e. The number of nitrogens with zero attached hydrogens (tertiary/aromatic N) is 1. The van der Waals surface area contributed by atoms with Crippen molar-refractivity contribution >= 4 is 11.6 Å². The maximum absolute atomic E-state index is 6.03. The smallest absolute Gasteiger partial charge is 0.213 e. The van der Waals surface area contributed by atoms with Gasteiger partial charge in [0.2, 0.25) is 5.88 Å². The highest BCUT2D eigenvalue weighted by Gasteiger charge is 2.21. The van der Waals surface area contributed by atoms with Crippen LogP contribution in [0.25, 0.3) is 0 Å². The van der Waals surface area contributed by atoms with Crippen molar-refractivity contribution < 1.29 is 4.74 Å². The lowest BCUT2D eigenvalue weighted by molar-refractivity contribution is 0.175. The second-order valence-corrected chi connectivity index (χ2v) is 5.10. The molecule has 0 radical (unpaired) electrons. The summed E-state index contributed by atoms with van der Waals surface area (Å²) in [6, 6.07) is 12.4. The molecule has 1 unspecified atom stereocenters. The van der Waals surface area contributed by atoms with Crippen molar-refractivity contribution in [3.63, 3.8) is 0 Å². The van der Waals surface area contributed by atoms with Crippen LogP contribution in [-0.4, -0.2) is 4.98 Å². The lowest BCUT2D eigenvalue weighted by Crippen LogP contribution is -2.15. The van der Waals surface area contributed by atoms with Gasteiger partial charge < -0.3 is 4.74 Å². The van der Waals surface area contributed by atoms with Crippen LogP contribution in [0.4, 0.5) is 0 Å². The molecular weight excluding hydrogens is 258 g/mol. The summed E-state index contributed by atoms with van der Waals surface area (Å²) in [5.41, 5.74) is 3.71. The first kappa shape index (κ1) is 12.5. The van der Waals surface area contributed by atoms with E-state index < -0.39 is 0 Å². The van der Waals surface area contributed by atoms with Gasteiger partial charge in [-0.15, -0.1) is 11.6 Å². The van der Waals surface area contributed by atoms with E-state index in [4.69, 9.17) is 16.3 Å². The van der Waals surface area contributed by atoms with Crippen LogP contribution in [0.5, 0.6) is 5.88 Å². The van der Waals surface area contributed by atoms with E-state index in [2.05, 4.69) is 29.2 Å². The number of hydrogen-bond donors (Lipinski definition) is 0. The number of halogens is 1. The fraction of sp³-hybridized carbons (Fsp3) is 0.312. The molecule has 3 rings (SSSR count). The molecular formula is C16H16ClNO. The number of hydrogen-bond acceptors (Lipinski definition) is 2. The Balaban J connectivity index is 1.80. The van der Waals surface area contributed by atoms with Gasteiger partial charge in [-0.3, -0.25) is 0 Å². The maximum atomic E-state index is 6.03. The predicted octanol–water partition coefficient (Wildman–Crippen LogP) is 4.28. The number of pyridine rings is 1. The van der Waals surface area contributed by atoms with E-state index in [1.54, 1.807) is 6.20 Å². The normalized spacial score (nSPS) is 17.8. The minimum atomic E-state index is 0.124. The van der Waals surface area contributed by atoms with Crippen molar-refractivity contribution in [1.82, 2.24) is 4.98 Å². The number of ether oxygens (including phenoxy) is 1. The molecule has 1 aliphatic carbocycles. The van der Waals surface area contributed by atoms with Crippen LogP contribution in [-0.2, 0) is 12.3 Å². The molecule has 0 bridgehead atoms. The van der Waals surface area contributed by atoms with Gasteiger partial charge >= 0.3 is 0 Å². The fourth-order valence-corrected chi connectivity index (χ4v) is 2.70. The van der Waals surface area contributed by atoms with Crippen molar-refractivity contribution in [3.05, 3.63) is 59.3 Å². The number of alkyl halides is 1. The molecule has 3 heteroatoms. The van der Waals surface area contributed by atoms with E-state index in [0.717, 1.165) is 18.4 Å². The number of aryl methyl sites for hydroxylation is 1. The van der Waals surface area contributed by atoms with Gasteiger partial charge in [-0.05, 0) is 36.0 Å². The summed E-state index contributed by atoms with van der Waals surface area (Å²) in [4.78, 5) is 4.31. The maximum Gasteiger partial charge on any atom is 0.213 e. The van der Waals surface area contributed by atoms with E-state index >= 15 is 0 Å².